The van der Waals surface area contributed by atoms with Gasteiger partial charge in [-0.05, 0) is 102 Å². The van der Waals surface area contributed by atoms with Gasteiger partial charge < -0.3 is 24.8 Å². The van der Waals surface area contributed by atoms with Gasteiger partial charge in [0.2, 0.25) is 0 Å². The fourth-order valence-corrected chi connectivity index (χ4v) is 10.1. The van der Waals surface area contributed by atoms with Crippen molar-refractivity contribution in [1.82, 2.24) is 0 Å². The Hall–Kier alpha value is -2.22. The van der Waals surface area contributed by atoms with Gasteiger partial charge in [-0.25, -0.2) is 0 Å². The molecule has 54 heavy (non-hydrogen) atoms. The van der Waals surface area contributed by atoms with E-state index in [4.69, 9.17) is 0 Å². The summed E-state index contributed by atoms with van der Waals surface area (Å²) >= 11 is 1.74. The first-order valence-electron chi connectivity index (χ1n) is 20.1. The van der Waals surface area contributed by atoms with Gasteiger partial charge in [0.15, 0.2) is 0 Å². The molecule has 0 radical (unpaired) electrons. The summed E-state index contributed by atoms with van der Waals surface area (Å²) in [6, 6.07) is 41.6. The first-order valence-corrected chi connectivity index (χ1v) is 26.3. The molecular formula is C50H58Cl2SiZr-2. The van der Waals surface area contributed by atoms with Gasteiger partial charge in [0.25, 0.3) is 0 Å². The molecule has 282 valence electrons. The minimum absolute atomic E-state index is 0. The Kier molecular flexibility index (Phi) is 14.6. The van der Waals surface area contributed by atoms with E-state index in [1.54, 1.807) is 28.9 Å². The predicted molar refractivity (Wildman–Crippen MR) is 225 cm³/mol. The molecule has 4 fully saturated rings. The first-order chi connectivity index (χ1) is 25.0. The van der Waals surface area contributed by atoms with E-state index in [0.717, 1.165) is 24.2 Å². The summed E-state index contributed by atoms with van der Waals surface area (Å²) in [6.45, 7) is 15.8. The molecule has 0 atom stereocenters. The molecule has 0 spiro atoms. The molecule has 0 amide bonds. The number of aryl methyl sites for hydroxylation is 1. The zero-order valence-electron chi connectivity index (χ0n) is 33.5. The maximum atomic E-state index is 2.48. The third-order valence-electron chi connectivity index (χ3n) is 12.4. The number of fused-ring (bicyclic) bond motifs is 2. The van der Waals surface area contributed by atoms with Crippen molar-refractivity contribution < 1.29 is 48.1 Å². The molecular weight excluding hydrogens is 791 g/mol. The van der Waals surface area contributed by atoms with Gasteiger partial charge in [-0.15, -0.1) is 69.1 Å². The summed E-state index contributed by atoms with van der Waals surface area (Å²) in [5.74, 6) is 4.21. The van der Waals surface area contributed by atoms with Crippen molar-refractivity contribution in [2.24, 2.45) is 17.8 Å². The van der Waals surface area contributed by atoms with Gasteiger partial charge >= 0.3 is 41.9 Å². The van der Waals surface area contributed by atoms with Crippen LogP contribution >= 0.6 is 0 Å². The van der Waals surface area contributed by atoms with Gasteiger partial charge in [-0.3, -0.25) is 0 Å². The minimum atomic E-state index is 0. The van der Waals surface area contributed by atoms with Crippen molar-refractivity contribution in [2.75, 3.05) is 0 Å². The molecule has 0 heterocycles. The van der Waals surface area contributed by atoms with Crippen molar-refractivity contribution in [3.05, 3.63) is 131 Å². The second-order valence-corrected chi connectivity index (χ2v) is 26.7. The Bertz CT molecular complexity index is 2110. The van der Waals surface area contributed by atoms with E-state index < -0.39 is 0 Å². The van der Waals surface area contributed by atoms with Gasteiger partial charge in [0, 0.05) is 0 Å². The number of halogens is 2. The largest absolute Gasteiger partial charge is 1.00 e. The van der Waals surface area contributed by atoms with E-state index in [1.807, 2.05) is 0 Å². The van der Waals surface area contributed by atoms with Crippen molar-refractivity contribution in [2.45, 2.75) is 110 Å². The van der Waals surface area contributed by atoms with E-state index >= 15 is 0 Å². The first kappa shape index (κ1) is 42.9. The van der Waals surface area contributed by atoms with E-state index in [2.05, 4.69) is 157 Å². The van der Waals surface area contributed by atoms with Crippen LogP contribution in [0.1, 0.15) is 107 Å². The zero-order chi connectivity index (χ0) is 36.6. The van der Waals surface area contributed by atoms with E-state index in [-0.39, 0.29) is 30.2 Å². The molecule has 4 saturated carbocycles. The van der Waals surface area contributed by atoms with Crippen LogP contribution in [0.25, 0.3) is 43.8 Å². The maximum absolute atomic E-state index is 2.48. The SMILES string of the molecule is CC(C)c1ccc(-c2cccc3[cH-]c(C(C)C)cc23)cc1.CCc1cc2c(-c3ccc(C45CC6CC(CC(C6)C4)C5)cc3)cccc2[cH-]1.C[Si](C)=[Zr+2].[Cl-].[Cl-]. The standard InChI is InChI=1S/C27H29.C21H23.C2H6Si.2ClH.Zr/c1-2-18-13-23-4-3-5-25(26(23)14-18)22-6-8-24(9-7-22)27-15-19-10-20(16-27)12-21(11-19)17-27;1-14(2)16-8-10-17(11-9-16)20-7-5-6-18-12-19(15(3)4)13-21(18)20;1-3-2;;;/h3-9,13-14,19-21H,2,10-12,15-17H2,1H3;5-15H,1-4H3;1-2H3;2*1H;/q2*-1;;;;+2/p-2. The summed E-state index contributed by atoms with van der Waals surface area (Å²) in [6.07, 6.45) is 10.0. The summed E-state index contributed by atoms with van der Waals surface area (Å²) in [7, 11) is 0. The Labute approximate surface area is 353 Å². The molecule has 6 aromatic rings. The van der Waals surface area contributed by atoms with Crippen LogP contribution in [0.5, 0.6) is 0 Å². The van der Waals surface area contributed by atoms with Crippen LogP contribution in [-0.4, -0.2) is 5.43 Å². The fraction of sp³-hybridized carbons (Fsp3) is 0.400. The Morgan fingerprint density at radius 3 is 1.57 bits per heavy atom. The molecule has 10 rings (SSSR count). The molecule has 4 bridgehead atoms. The molecule has 4 aliphatic carbocycles. The minimum Gasteiger partial charge on any atom is -1.00 e. The molecule has 4 aliphatic rings. The molecule has 0 nitrogen and oxygen atoms in total. The van der Waals surface area contributed by atoms with Gasteiger partial charge in [-0.2, -0.15) is 12.1 Å². The van der Waals surface area contributed by atoms with Gasteiger partial charge in [-0.1, -0.05) is 106 Å². The Morgan fingerprint density at radius 1 is 0.648 bits per heavy atom. The second kappa shape index (κ2) is 18.4. The van der Waals surface area contributed by atoms with Crippen LogP contribution in [-0.2, 0) is 35.2 Å². The quantitative estimate of drug-likeness (QED) is 0.117. The number of hydrogen-bond donors (Lipinski definition) is 0. The molecule has 4 heteroatoms. The molecule has 6 aromatic carbocycles. The van der Waals surface area contributed by atoms with Gasteiger partial charge in [0.05, 0.1) is 0 Å². The van der Waals surface area contributed by atoms with Crippen LogP contribution in [0.15, 0.2) is 109 Å². The average molecular weight is 849 g/mol. The van der Waals surface area contributed by atoms with E-state index in [9.17, 15) is 0 Å². The summed E-state index contributed by atoms with van der Waals surface area (Å²) in [5.41, 5.74) is 12.0. The summed E-state index contributed by atoms with van der Waals surface area (Å²) in [5, 5.41) is 5.52. The second-order valence-electron chi connectivity index (χ2n) is 17.3. The fourth-order valence-electron chi connectivity index (χ4n) is 10.1. The summed E-state index contributed by atoms with van der Waals surface area (Å²) < 4.78 is 0. The van der Waals surface area contributed by atoms with E-state index in [1.165, 1.54) is 99.0 Å². The van der Waals surface area contributed by atoms with Crippen LogP contribution in [0, 0.1) is 17.8 Å². The number of benzene rings is 4. The third kappa shape index (κ3) is 9.31. The maximum Gasteiger partial charge on any atom is -1.00 e. The van der Waals surface area contributed by atoms with Crippen molar-refractivity contribution >= 4 is 27.0 Å². The Balaban J connectivity index is 0.000000188. The third-order valence-corrected chi connectivity index (χ3v) is 12.4. The van der Waals surface area contributed by atoms with Crippen molar-refractivity contribution in [3.8, 4) is 22.3 Å². The molecule has 0 unspecified atom stereocenters. The van der Waals surface area contributed by atoms with E-state index in [0.29, 0.717) is 17.3 Å². The normalized spacial score (nSPS) is 20.9. The van der Waals surface area contributed by atoms with Crippen molar-refractivity contribution in [1.29, 1.82) is 0 Å². The molecule has 0 aromatic heterocycles. The van der Waals surface area contributed by atoms with Crippen molar-refractivity contribution in [3.63, 3.8) is 0 Å². The average Bonchev–Trinajstić information content (AvgIpc) is 3.76. The number of rotatable bonds is 6. The topological polar surface area (TPSA) is 0 Å². The van der Waals surface area contributed by atoms with Gasteiger partial charge in [0.1, 0.15) is 0 Å². The smallest absolute Gasteiger partial charge is 1.00 e. The Morgan fingerprint density at radius 2 is 1.11 bits per heavy atom. The van der Waals surface area contributed by atoms with Crippen LogP contribution < -0.4 is 24.8 Å². The number of hydrogen-bond acceptors (Lipinski definition) is 0. The van der Waals surface area contributed by atoms with Crippen LogP contribution in [0.3, 0.4) is 0 Å². The molecule has 0 saturated heterocycles. The molecule has 0 N–H and O–H groups in total. The summed E-state index contributed by atoms with van der Waals surface area (Å²) in [4.78, 5) is 0. The zero-order valence-corrected chi connectivity index (χ0v) is 38.5. The monoisotopic (exact) mass is 846 g/mol. The predicted octanol–water partition coefficient (Wildman–Crippen LogP) is 8.52. The van der Waals surface area contributed by atoms with Crippen LogP contribution in [0.4, 0.5) is 0 Å². The van der Waals surface area contributed by atoms with Crippen LogP contribution in [0.2, 0.25) is 13.1 Å². The molecule has 0 aliphatic heterocycles.